The van der Waals surface area contributed by atoms with E-state index >= 15 is 0 Å². The zero-order valence-electron chi connectivity index (χ0n) is 16.3. The van der Waals surface area contributed by atoms with Gasteiger partial charge in [0.1, 0.15) is 5.82 Å². The van der Waals surface area contributed by atoms with Crippen molar-refractivity contribution in [2.75, 3.05) is 25.0 Å². The molecule has 142 valence electrons. The van der Waals surface area contributed by atoms with Gasteiger partial charge in [-0.15, -0.1) is 0 Å². The van der Waals surface area contributed by atoms with Crippen LogP contribution in [0.3, 0.4) is 0 Å². The Kier molecular flexibility index (Phi) is 6.91. The second kappa shape index (κ2) is 9.37. The summed E-state index contributed by atoms with van der Waals surface area (Å²) in [6.45, 7) is 5.64. The fourth-order valence-corrected chi connectivity index (χ4v) is 4.71. The molecule has 3 rings (SSSR count). The molecule has 0 aromatic carbocycles. The minimum Gasteiger partial charge on any atom is -0.367 e. The van der Waals surface area contributed by atoms with Crippen molar-refractivity contribution in [3.05, 3.63) is 23.9 Å². The molecule has 0 atom stereocenters. The van der Waals surface area contributed by atoms with E-state index in [1.807, 2.05) is 6.20 Å². The third-order valence-electron chi connectivity index (χ3n) is 6.49. The molecule has 1 aliphatic heterocycles. The summed E-state index contributed by atoms with van der Waals surface area (Å²) in [5, 5.41) is 12.6. The Morgan fingerprint density at radius 3 is 2.62 bits per heavy atom. The number of anilines is 1. The molecule has 4 heteroatoms. The average molecular weight is 355 g/mol. The van der Waals surface area contributed by atoms with E-state index < -0.39 is 0 Å². The lowest BCUT2D eigenvalue weighted by atomic mass is 9.69. The Morgan fingerprint density at radius 2 is 1.96 bits per heavy atom. The van der Waals surface area contributed by atoms with E-state index in [1.54, 1.807) is 0 Å². The first-order valence-electron chi connectivity index (χ1n) is 10.5. The number of aromatic nitrogens is 1. The number of nitrogens with one attached hydrogen (secondary N) is 1. The molecule has 26 heavy (non-hydrogen) atoms. The van der Waals surface area contributed by atoms with Crippen LogP contribution in [-0.4, -0.2) is 35.6 Å². The molecule has 0 radical (unpaired) electrons. The predicted molar refractivity (Wildman–Crippen MR) is 107 cm³/mol. The van der Waals surface area contributed by atoms with Crippen LogP contribution < -0.4 is 5.32 Å². The Hall–Kier alpha value is -1.60. The summed E-state index contributed by atoms with van der Waals surface area (Å²) in [5.41, 5.74) is 1.66. The largest absolute Gasteiger partial charge is 0.367 e. The fourth-order valence-electron chi connectivity index (χ4n) is 4.71. The lowest BCUT2D eigenvalue weighted by molar-refractivity contribution is 0.119. The van der Waals surface area contributed by atoms with Crippen molar-refractivity contribution in [2.45, 2.75) is 77.2 Å². The van der Waals surface area contributed by atoms with Crippen molar-refractivity contribution < 1.29 is 0 Å². The summed E-state index contributed by atoms with van der Waals surface area (Å²) in [4.78, 5) is 7.12. The lowest BCUT2D eigenvalue weighted by Crippen LogP contribution is -2.41. The zero-order chi connectivity index (χ0) is 18.2. The second-order valence-corrected chi connectivity index (χ2v) is 8.45. The van der Waals surface area contributed by atoms with Crippen molar-refractivity contribution >= 4 is 5.82 Å². The van der Waals surface area contributed by atoms with Crippen LogP contribution >= 0.6 is 0 Å². The maximum absolute atomic E-state index is 9.02. The standard InChI is InChI=1S/C22H34N4/c1-19-6-7-21(24-18-19)25-20-8-15-26(16-9-20)17-13-22(12-5-14-23)10-3-2-4-11-22/h6-7,18,20H,2-5,8-13,15-17H2,1H3,(H,24,25). The van der Waals surface area contributed by atoms with Gasteiger partial charge in [0.05, 0.1) is 6.07 Å². The van der Waals surface area contributed by atoms with E-state index in [-0.39, 0.29) is 0 Å². The number of pyridine rings is 1. The van der Waals surface area contributed by atoms with Gasteiger partial charge in [-0.2, -0.15) is 5.26 Å². The van der Waals surface area contributed by atoms with Gasteiger partial charge in [0.25, 0.3) is 0 Å². The van der Waals surface area contributed by atoms with Gasteiger partial charge in [-0.3, -0.25) is 0 Å². The van der Waals surface area contributed by atoms with Crippen molar-refractivity contribution in [2.24, 2.45) is 5.41 Å². The molecule has 2 aliphatic rings. The number of nitriles is 1. The predicted octanol–water partition coefficient (Wildman–Crippen LogP) is 4.91. The summed E-state index contributed by atoms with van der Waals surface area (Å²) >= 11 is 0. The molecule has 1 saturated heterocycles. The van der Waals surface area contributed by atoms with Crippen molar-refractivity contribution in [1.82, 2.24) is 9.88 Å². The van der Waals surface area contributed by atoms with Crippen LogP contribution in [0.25, 0.3) is 0 Å². The number of piperidine rings is 1. The molecule has 1 aliphatic carbocycles. The van der Waals surface area contributed by atoms with E-state index in [4.69, 9.17) is 5.26 Å². The molecule has 4 nitrogen and oxygen atoms in total. The minimum atomic E-state index is 0.453. The first-order valence-corrected chi connectivity index (χ1v) is 10.5. The Balaban J connectivity index is 1.43. The number of nitrogens with zero attached hydrogens (tertiary/aromatic N) is 3. The van der Waals surface area contributed by atoms with E-state index in [2.05, 4.69) is 40.3 Å². The summed E-state index contributed by atoms with van der Waals surface area (Å²) in [6.07, 6.45) is 14.2. The van der Waals surface area contributed by atoms with Gasteiger partial charge in [-0.1, -0.05) is 25.3 Å². The van der Waals surface area contributed by atoms with Gasteiger partial charge < -0.3 is 10.2 Å². The highest BCUT2D eigenvalue weighted by atomic mass is 15.1. The van der Waals surface area contributed by atoms with Gasteiger partial charge in [0.2, 0.25) is 0 Å². The average Bonchev–Trinajstić information content (AvgIpc) is 2.69. The van der Waals surface area contributed by atoms with Crippen molar-refractivity contribution in [3.63, 3.8) is 0 Å². The highest BCUT2D eigenvalue weighted by Gasteiger charge is 2.32. The molecule has 2 fully saturated rings. The van der Waals surface area contributed by atoms with Gasteiger partial charge in [0, 0.05) is 31.7 Å². The van der Waals surface area contributed by atoms with E-state index in [1.165, 1.54) is 76.6 Å². The van der Waals surface area contributed by atoms with Crippen LogP contribution in [-0.2, 0) is 0 Å². The quantitative estimate of drug-likeness (QED) is 0.756. The van der Waals surface area contributed by atoms with E-state index in [9.17, 15) is 0 Å². The highest BCUT2D eigenvalue weighted by Crippen LogP contribution is 2.43. The maximum Gasteiger partial charge on any atom is 0.126 e. The second-order valence-electron chi connectivity index (χ2n) is 8.45. The number of hydrogen-bond donors (Lipinski definition) is 1. The van der Waals surface area contributed by atoms with E-state index in [0.717, 1.165) is 18.7 Å². The van der Waals surface area contributed by atoms with Crippen LogP contribution in [0.1, 0.15) is 69.8 Å². The molecule has 0 bridgehead atoms. The molecule has 1 aromatic heterocycles. The third-order valence-corrected chi connectivity index (χ3v) is 6.49. The summed E-state index contributed by atoms with van der Waals surface area (Å²) in [6, 6.07) is 7.13. The summed E-state index contributed by atoms with van der Waals surface area (Å²) in [5.74, 6) is 1.01. The minimum absolute atomic E-state index is 0.453. The lowest BCUT2D eigenvalue weighted by Gasteiger charge is -2.40. The zero-order valence-corrected chi connectivity index (χ0v) is 16.3. The smallest absolute Gasteiger partial charge is 0.126 e. The van der Waals surface area contributed by atoms with Gasteiger partial charge in [-0.25, -0.2) is 4.98 Å². The summed E-state index contributed by atoms with van der Waals surface area (Å²) < 4.78 is 0. The van der Waals surface area contributed by atoms with E-state index in [0.29, 0.717) is 11.5 Å². The molecule has 1 N–H and O–H groups in total. The van der Waals surface area contributed by atoms with Gasteiger partial charge in [-0.05, 0) is 69.0 Å². The van der Waals surface area contributed by atoms with Gasteiger partial charge >= 0.3 is 0 Å². The molecule has 0 spiro atoms. The van der Waals surface area contributed by atoms with Crippen LogP contribution in [0.4, 0.5) is 5.82 Å². The van der Waals surface area contributed by atoms with Crippen molar-refractivity contribution in [3.8, 4) is 6.07 Å². The Morgan fingerprint density at radius 1 is 1.19 bits per heavy atom. The molecular formula is C22H34N4. The first-order chi connectivity index (χ1) is 12.7. The maximum atomic E-state index is 9.02. The van der Waals surface area contributed by atoms with Crippen LogP contribution in [0.2, 0.25) is 0 Å². The van der Waals surface area contributed by atoms with Crippen LogP contribution in [0.5, 0.6) is 0 Å². The number of hydrogen-bond acceptors (Lipinski definition) is 4. The van der Waals surface area contributed by atoms with Crippen LogP contribution in [0, 0.1) is 23.7 Å². The number of likely N-dealkylation sites (tertiary alicyclic amines) is 1. The molecule has 1 aromatic rings. The third kappa shape index (κ3) is 5.45. The van der Waals surface area contributed by atoms with Gasteiger partial charge in [0.15, 0.2) is 0 Å². The Labute approximate surface area is 159 Å². The van der Waals surface area contributed by atoms with Crippen LogP contribution in [0.15, 0.2) is 18.3 Å². The topological polar surface area (TPSA) is 52.0 Å². The summed E-state index contributed by atoms with van der Waals surface area (Å²) in [7, 11) is 0. The molecule has 1 saturated carbocycles. The molecule has 2 heterocycles. The van der Waals surface area contributed by atoms with Crippen molar-refractivity contribution in [1.29, 1.82) is 5.26 Å². The molecular weight excluding hydrogens is 320 g/mol. The normalized spacial score (nSPS) is 21.2. The monoisotopic (exact) mass is 354 g/mol. The molecule has 0 amide bonds. The number of rotatable bonds is 7. The molecule has 0 unspecified atom stereocenters. The first kappa shape index (κ1) is 19.2. The SMILES string of the molecule is Cc1ccc(NC2CCN(CCC3(CCC#N)CCCCC3)CC2)nc1. The number of aryl methyl sites for hydroxylation is 1. The highest BCUT2D eigenvalue weighted by molar-refractivity contribution is 5.36. The fraction of sp³-hybridized carbons (Fsp3) is 0.727. The Bertz CT molecular complexity index is 575.